The van der Waals surface area contributed by atoms with Gasteiger partial charge in [-0.2, -0.15) is 0 Å². The summed E-state index contributed by atoms with van der Waals surface area (Å²) in [6.45, 7) is 4.81. The number of nitrogens with two attached hydrogens (primary N) is 1. The summed E-state index contributed by atoms with van der Waals surface area (Å²) in [5, 5.41) is 3.45. The molecule has 9 heteroatoms. The number of benzene rings is 1. The molecule has 9 nitrogen and oxygen atoms in total. The summed E-state index contributed by atoms with van der Waals surface area (Å²) in [4.78, 5) is 22.1. The number of anilines is 2. The molecule has 1 aliphatic rings. The van der Waals surface area contributed by atoms with Crippen LogP contribution in [0, 0.1) is 0 Å². The van der Waals surface area contributed by atoms with Gasteiger partial charge in [0, 0.05) is 25.4 Å². The van der Waals surface area contributed by atoms with Crippen LogP contribution >= 0.6 is 0 Å². The van der Waals surface area contributed by atoms with E-state index in [9.17, 15) is 4.79 Å². The van der Waals surface area contributed by atoms with Crippen molar-refractivity contribution in [3.63, 3.8) is 0 Å². The maximum absolute atomic E-state index is 13.5. The van der Waals surface area contributed by atoms with Gasteiger partial charge in [-0.15, -0.1) is 0 Å². The van der Waals surface area contributed by atoms with Crippen LogP contribution in [0.1, 0.15) is 42.6 Å². The van der Waals surface area contributed by atoms with Gasteiger partial charge in [-0.25, -0.2) is 9.97 Å². The summed E-state index contributed by atoms with van der Waals surface area (Å²) < 4.78 is 18.6. The lowest BCUT2D eigenvalue weighted by molar-refractivity contribution is 0.0669. The van der Waals surface area contributed by atoms with Gasteiger partial charge in [-0.1, -0.05) is 12.1 Å². The molecule has 1 fully saturated rings. The Morgan fingerprint density at radius 1 is 1.25 bits per heavy atom. The lowest BCUT2D eigenvalue weighted by atomic mass is 10.2. The van der Waals surface area contributed by atoms with Crippen molar-refractivity contribution in [2.24, 2.45) is 0 Å². The van der Waals surface area contributed by atoms with Crippen LogP contribution in [-0.2, 0) is 21.6 Å². The number of carbonyl (C=O) groups is 1. The van der Waals surface area contributed by atoms with Gasteiger partial charge in [0.2, 0.25) is 5.88 Å². The summed E-state index contributed by atoms with van der Waals surface area (Å²) in [5.74, 6) is 0.340. The number of methoxy groups -OCH3 is 2. The minimum atomic E-state index is -0.334. The van der Waals surface area contributed by atoms with E-state index in [1.165, 1.54) is 6.33 Å². The molecule has 1 unspecified atom stereocenters. The average Bonchev–Trinajstić information content (AvgIpc) is 3.42. The van der Waals surface area contributed by atoms with Crippen molar-refractivity contribution >= 4 is 28.4 Å². The van der Waals surface area contributed by atoms with Gasteiger partial charge < -0.3 is 25.3 Å². The second-order valence-electron chi connectivity index (χ2n) is 8.41. The van der Waals surface area contributed by atoms with E-state index >= 15 is 0 Å². The van der Waals surface area contributed by atoms with Crippen LogP contribution < -0.4 is 15.8 Å². The maximum atomic E-state index is 13.5. The van der Waals surface area contributed by atoms with E-state index in [0.717, 1.165) is 18.4 Å². The molecule has 0 radical (unpaired) electrons. The smallest absolute Gasteiger partial charge is 0.261 e. The molecular formula is C23H29N5O4. The first-order chi connectivity index (χ1) is 15.4. The normalized spacial score (nSPS) is 15.5. The SMILES string of the molecule is COCc1ccc(NC(=O)c2c(OCC(C)OC)n(C3(C)CC3)c3ncnc(N)c23)cc1. The molecule has 1 aliphatic carbocycles. The molecule has 32 heavy (non-hydrogen) atoms. The monoisotopic (exact) mass is 439 g/mol. The average molecular weight is 440 g/mol. The zero-order valence-corrected chi connectivity index (χ0v) is 18.8. The van der Waals surface area contributed by atoms with Gasteiger partial charge in [0.15, 0.2) is 0 Å². The molecule has 1 saturated carbocycles. The van der Waals surface area contributed by atoms with Crippen molar-refractivity contribution in [2.45, 2.75) is 44.9 Å². The predicted octanol–water partition coefficient (Wildman–Crippen LogP) is 3.33. The molecule has 0 saturated heterocycles. The Morgan fingerprint density at radius 3 is 2.59 bits per heavy atom. The van der Waals surface area contributed by atoms with Gasteiger partial charge in [-0.05, 0) is 44.4 Å². The van der Waals surface area contributed by atoms with Gasteiger partial charge in [0.05, 0.1) is 18.1 Å². The highest BCUT2D eigenvalue weighted by Gasteiger charge is 2.45. The van der Waals surface area contributed by atoms with Crippen molar-refractivity contribution in [3.05, 3.63) is 41.7 Å². The molecule has 0 bridgehead atoms. The number of fused-ring (bicyclic) bond motifs is 1. The Bertz CT molecular complexity index is 1120. The van der Waals surface area contributed by atoms with Crippen LogP contribution in [0.4, 0.5) is 11.5 Å². The van der Waals surface area contributed by atoms with E-state index in [2.05, 4.69) is 22.2 Å². The van der Waals surface area contributed by atoms with Gasteiger partial charge in [0.1, 0.15) is 30.0 Å². The highest BCUT2D eigenvalue weighted by Crippen LogP contribution is 2.50. The van der Waals surface area contributed by atoms with Crippen LogP contribution in [0.15, 0.2) is 30.6 Å². The summed E-state index contributed by atoms with van der Waals surface area (Å²) in [6.07, 6.45) is 3.18. The molecule has 0 spiro atoms. The molecule has 2 aromatic heterocycles. The number of hydrogen-bond donors (Lipinski definition) is 2. The van der Waals surface area contributed by atoms with Gasteiger partial charge in [0.25, 0.3) is 5.91 Å². The van der Waals surface area contributed by atoms with E-state index in [4.69, 9.17) is 19.9 Å². The van der Waals surface area contributed by atoms with E-state index < -0.39 is 0 Å². The molecule has 2 heterocycles. The Balaban J connectivity index is 1.78. The molecule has 0 aliphatic heterocycles. The first-order valence-corrected chi connectivity index (χ1v) is 10.6. The Kier molecular flexibility index (Phi) is 6.03. The van der Waals surface area contributed by atoms with Crippen LogP contribution in [-0.4, -0.2) is 47.4 Å². The van der Waals surface area contributed by atoms with Crippen molar-refractivity contribution in [3.8, 4) is 5.88 Å². The van der Waals surface area contributed by atoms with Gasteiger partial charge >= 0.3 is 0 Å². The number of carbonyl (C=O) groups excluding carboxylic acids is 1. The van der Waals surface area contributed by atoms with Crippen molar-refractivity contribution < 1.29 is 19.0 Å². The van der Waals surface area contributed by atoms with Crippen molar-refractivity contribution in [1.82, 2.24) is 14.5 Å². The first-order valence-electron chi connectivity index (χ1n) is 10.6. The number of amides is 1. The third kappa shape index (κ3) is 4.13. The molecule has 3 aromatic rings. The first kappa shape index (κ1) is 22.0. The second-order valence-corrected chi connectivity index (χ2v) is 8.41. The van der Waals surface area contributed by atoms with Crippen LogP contribution in [0.3, 0.4) is 0 Å². The van der Waals surface area contributed by atoms with Crippen LogP contribution in [0.25, 0.3) is 11.0 Å². The molecule has 1 amide bonds. The molecule has 4 rings (SSSR count). The lowest BCUT2D eigenvalue weighted by Gasteiger charge is -2.19. The van der Waals surface area contributed by atoms with E-state index in [1.807, 2.05) is 35.8 Å². The zero-order chi connectivity index (χ0) is 22.9. The summed E-state index contributed by atoms with van der Waals surface area (Å²) in [7, 11) is 3.26. The van der Waals surface area contributed by atoms with Gasteiger partial charge in [-0.3, -0.25) is 9.36 Å². The van der Waals surface area contributed by atoms with Crippen molar-refractivity contribution in [2.75, 3.05) is 31.9 Å². The molecule has 3 N–H and O–H groups in total. The molecule has 170 valence electrons. The Morgan fingerprint density at radius 2 is 1.97 bits per heavy atom. The fourth-order valence-corrected chi connectivity index (χ4v) is 3.68. The summed E-state index contributed by atoms with van der Waals surface area (Å²) in [5.41, 5.74) is 8.63. The third-order valence-electron chi connectivity index (χ3n) is 5.86. The number of hydrogen-bond acceptors (Lipinski definition) is 7. The van der Waals surface area contributed by atoms with E-state index in [0.29, 0.717) is 34.8 Å². The van der Waals surface area contributed by atoms with Crippen LogP contribution in [0.2, 0.25) is 0 Å². The topological polar surface area (TPSA) is 114 Å². The number of rotatable bonds is 9. The standard InChI is InChI=1S/C23H29N5O4/c1-14(31-4)11-32-22-18(21(29)27-16-7-5-15(6-8-16)12-30-3)17-19(24)25-13-26-20(17)28(22)23(2)9-10-23/h5-8,13-14H,9-12H2,1-4H3,(H,27,29)(H2,24,25,26). The quantitative estimate of drug-likeness (QED) is 0.526. The van der Waals surface area contributed by atoms with E-state index in [1.54, 1.807) is 14.2 Å². The minimum absolute atomic E-state index is 0.152. The highest BCUT2D eigenvalue weighted by molar-refractivity contribution is 6.17. The predicted molar refractivity (Wildman–Crippen MR) is 122 cm³/mol. The third-order valence-corrected chi connectivity index (χ3v) is 5.86. The van der Waals surface area contributed by atoms with Crippen molar-refractivity contribution in [1.29, 1.82) is 0 Å². The fraction of sp³-hybridized carbons (Fsp3) is 0.435. The number of nitrogen functional groups attached to an aromatic ring is 1. The van der Waals surface area contributed by atoms with Crippen LogP contribution in [0.5, 0.6) is 5.88 Å². The van der Waals surface area contributed by atoms with E-state index in [-0.39, 0.29) is 30.0 Å². The fourth-order valence-electron chi connectivity index (χ4n) is 3.68. The molecular weight excluding hydrogens is 410 g/mol. The maximum Gasteiger partial charge on any atom is 0.261 e. The number of nitrogens with zero attached hydrogens (tertiary/aromatic N) is 3. The molecule has 1 aromatic carbocycles. The number of nitrogens with one attached hydrogen (secondary N) is 1. The lowest BCUT2D eigenvalue weighted by Crippen LogP contribution is -2.22. The Hall–Kier alpha value is -3.17. The zero-order valence-electron chi connectivity index (χ0n) is 18.8. The second kappa shape index (κ2) is 8.76. The highest BCUT2D eigenvalue weighted by atomic mass is 16.5. The Labute approximate surface area is 186 Å². The summed E-state index contributed by atoms with van der Waals surface area (Å²) >= 11 is 0. The minimum Gasteiger partial charge on any atom is -0.475 e. The summed E-state index contributed by atoms with van der Waals surface area (Å²) in [6, 6.07) is 7.48. The molecule has 1 atom stereocenters. The largest absolute Gasteiger partial charge is 0.475 e. The number of ether oxygens (including phenoxy) is 3. The number of aromatic nitrogens is 3.